The summed E-state index contributed by atoms with van der Waals surface area (Å²) in [6, 6.07) is 0. The Morgan fingerprint density at radius 1 is 1.27 bits per heavy atom. The Hall–Kier alpha value is -1.33. The lowest BCUT2D eigenvalue weighted by molar-refractivity contribution is -0.153. The molecule has 0 saturated carbocycles. The van der Waals surface area contributed by atoms with Gasteiger partial charge in [0.2, 0.25) is 0 Å². The molecule has 4 nitrogen and oxygen atoms in total. The first-order valence-electron chi connectivity index (χ1n) is 4.38. The van der Waals surface area contributed by atoms with E-state index in [0.29, 0.717) is 0 Å². The van der Waals surface area contributed by atoms with Crippen LogP contribution in [0.1, 0.15) is 20.3 Å². The Kier molecular flexibility index (Phi) is 5.66. The number of Topliss-reactive ketones (excluding diaryl/α,β-unsaturated/α-hetero) is 2. The predicted molar refractivity (Wildman–Crippen MR) is 46.4 cm³/mol. The van der Waals surface area contributed by atoms with Crippen molar-refractivity contribution in [3.8, 4) is 0 Å². The van der Waals surface area contributed by atoms with Crippen LogP contribution in [0.2, 0.25) is 0 Å². The Labute approximate surface area is 85.6 Å². The predicted octanol–water partition coefficient (Wildman–Crippen LogP) is 0.979. The molecule has 0 bridgehead atoms. The van der Waals surface area contributed by atoms with Crippen molar-refractivity contribution in [1.82, 2.24) is 0 Å². The SMILES string of the molecule is CCOC(=O)[C@@H](CC(=O)C(F)F)C(C)=O. The van der Waals surface area contributed by atoms with Crippen molar-refractivity contribution >= 4 is 17.5 Å². The summed E-state index contributed by atoms with van der Waals surface area (Å²) >= 11 is 0. The minimum Gasteiger partial charge on any atom is -0.465 e. The molecule has 0 radical (unpaired) electrons. The van der Waals surface area contributed by atoms with E-state index >= 15 is 0 Å². The number of esters is 1. The van der Waals surface area contributed by atoms with Crippen LogP contribution < -0.4 is 0 Å². The van der Waals surface area contributed by atoms with Crippen LogP contribution in [0.4, 0.5) is 8.78 Å². The first kappa shape index (κ1) is 13.7. The van der Waals surface area contributed by atoms with Gasteiger partial charge in [0.1, 0.15) is 11.7 Å². The average molecular weight is 222 g/mol. The molecule has 0 rings (SSSR count). The van der Waals surface area contributed by atoms with E-state index in [1.165, 1.54) is 6.92 Å². The molecule has 0 saturated heterocycles. The van der Waals surface area contributed by atoms with E-state index in [-0.39, 0.29) is 6.61 Å². The number of hydrogen-bond acceptors (Lipinski definition) is 4. The van der Waals surface area contributed by atoms with Crippen LogP contribution in [0.3, 0.4) is 0 Å². The summed E-state index contributed by atoms with van der Waals surface area (Å²) in [5, 5.41) is 0. The fraction of sp³-hybridized carbons (Fsp3) is 0.667. The number of carbonyl (C=O) groups excluding carboxylic acids is 3. The van der Waals surface area contributed by atoms with E-state index in [2.05, 4.69) is 4.74 Å². The zero-order valence-corrected chi connectivity index (χ0v) is 8.46. The highest BCUT2D eigenvalue weighted by Crippen LogP contribution is 2.11. The van der Waals surface area contributed by atoms with E-state index in [1.54, 1.807) is 0 Å². The summed E-state index contributed by atoms with van der Waals surface area (Å²) in [7, 11) is 0. The van der Waals surface area contributed by atoms with Crippen LogP contribution >= 0.6 is 0 Å². The van der Waals surface area contributed by atoms with Crippen LogP contribution in [-0.4, -0.2) is 30.6 Å². The van der Waals surface area contributed by atoms with Gasteiger partial charge >= 0.3 is 5.97 Å². The smallest absolute Gasteiger partial charge is 0.316 e. The molecule has 1 atom stereocenters. The van der Waals surface area contributed by atoms with Gasteiger partial charge in [-0.15, -0.1) is 0 Å². The summed E-state index contributed by atoms with van der Waals surface area (Å²) < 4.78 is 28.3. The Balaban J connectivity index is 4.48. The Bertz CT molecular complexity index is 263. The van der Waals surface area contributed by atoms with Crippen molar-refractivity contribution in [1.29, 1.82) is 0 Å². The van der Waals surface area contributed by atoms with Gasteiger partial charge in [-0.2, -0.15) is 0 Å². The second kappa shape index (κ2) is 6.21. The van der Waals surface area contributed by atoms with Gasteiger partial charge in [0, 0.05) is 6.42 Å². The molecule has 0 fully saturated rings. The maximum absolute atomic E-state index is 11.9. The van der Waals surface area contributed by atoms with E-state index in [4.69, 9.17) is 0 Å². The fourth-order valence-electron chi connectivity index (χ4n) is 0.926. The van der Waals surface area contributed by atoms with Gasteiger partial charge in [0.15, 0.2) is 5.78 Å². The zero-order chi connectivity index (χ0) is 12.0. The van der Waals surface area contributed by atoms with Crippen molar-refractivity contribution in [3.05, 3.63) is 0 Å². The molecule has 0 aliphatic carbocycles. The molecule has 0 N–H and O–H groups in total. The molecule has 0 aliphatic rings. The molecule has 86 valence electrons. The Morgan fingerprint density at radius 3 is 2.13 bits per heavy atom. The highest BCUT2D eigenvalue weighted by molar-refractivity contribution is 6.01. The first-order valence-corrected chi connectivity index (χ1v) is 4.38. The van der Waals surface area contributed by atoms with Crippen molar-refractivity contribution < 1.29 is 27.9 Å². The first-order chi connectivity index (χ1) is 6.90. The van der Waals surface area contributed by atoms with Crippen LogP contribution in [0.5, 0.6) is 0 Å². The second-order valence-electron chi connectivity index (χ2n) is 2.89. The molecule has 0 aromatic carbocycles. The van der Waals surface area contributed by atoms with E-state index < -0.39 is 36.3 Å². The van der Waals surface area contributed by atoms with Crippen LogP contribution in [0.25, 0.3) is 0 Å². The molecule has 0 amide bonds. The molecular formula is C9H12F2O4. The van der Waals surface area contributed by atoms with E-state index in [0.717, 1.165) is 6.92 Å². The molecule has 0 aromatic heterocycles. The van der Waals surface area contributed by atoms with Crippen molar-refractivity contribution in [2.75, 3.05) is 6.61 Å². The summed E-state index contributed by atoms with van der Waals surface area (Å²) in [4.78, 5) is 32.7. The van der Waals surface area contributed by atoms with E-state index in [1.807, 2.05) is 0 Å². The van der Waals surface area contributed by atoms with Crippen molar-refractivity contribution in [2.24, 2.45) is 5.92 Å². The van der Waals surface area contributed by atoms with Crippen LogP contribution in [-0.2, 0) is 19.1 Å². The second-order valence-corrected chi connectivity index (χ2v) is 2.89. The standard InChI is InChI=1S/C9H12F2O4/c1-3-15-9(14)6(5(2)12)4-7(13)8(10)11/h6,8H,3-4H2,1-2H3/t6-/m0/s1. The third-order valence-corrected chi connectivity index (χ3v) is 1.71. The average Bonchev–Trinajstić information content (AvgIpc) is 2.13. The van der Waals surface area contributed by atoms with Crippen LogP contribution in [0.15, 0.2) is 0 Å². The van der Waals surface area contributed by atoms with Gasteiger partial charge in [0.25, 0.3) is 6.43 Å². The Morgan fingerprint density at radius 2 is 1.80 bits per heavy atom. The summed E-state index contributed by atoms with van der Waals surface area (Å²) in [6.07, 6.45) is -3.97. The van der Waals surface area contributed by atoms with Gasteiger partial charge in [-0.3, -0.25) is 14.4 Å². The number of hydrogen-bond donors (Lipinski definition) is 0. The molecule has 0 aliphatic heterocycles. The minimum atomic E-state index is -3.17. The molecule has 15 heavy (non-hydrogen) atoms. The number of rotatable bonds is 6. The number of ether oxygens (including phenoxy) is 1. The fourth-order valence-corrected chi connectivity index (χ4v) is 0.926. The topological polar surface area (TPSA) is 60.4 Å². The summed E-state index contributed by atoms with van der Waals surface area (Å²) in [5.74, 6) is -4.42. The molecule has 0 heterocycles. The maximum atomic E-state index is 11.9. The summed E-state index contributed by atoms with van der Waals surface area (Å²) in [6.45, 7) is 2.61. The lowest BCUT2D eigenvalue weighted by Crippen LogP contribution is -2.28. The van der Waals surface area contributed by atoms with Gasteiger partial charge < -0.3 is 4.74 Å². The van der Waals surface area contributed by atoms with Gasteiger partial charge in [-0.1, -0.05) is 0 Å². The monoisotopic (exact) mass is 222 g/mol. The molecule has 0 unspecified atom stereocenters. The van der Waals surface area contributed by atoms with Gasteiger partial charge in [-0.25, -0.2) is 8.78 Å². The molecular weight excluding hydrogens is 210 g/mol. The highest BCUT2D eigenvalue weighted by Gasteiger charge is 2.30. The highest BCUT2D eigenvalue weighted by atomic mass is 19.3. The van der Waals surface area contributed by atoms with E-state index in [9.17, 15) is 23.2 Å². The quantitative estimate of drug-likeness (QED) is 0.496. The maximum Gasteiger partial charge on any atom is 0.316 e. The number of ketones is 2. The largest absolute Gasteiger partial charge is 0.465 e. The third-order valence-electron chi connectivity index (χ3n) is 1.71. The number of halogens is 2. The van der Waals surface area contributed by atoms with Crippen molar-refractivity contribution in [3.63, 3.8) is 0 Å². The van der Waals surface area contributed by atoms with Crippen LogP contribution in [0, 0.1) is 5.92 Å². The van der Waals surface area contributed by atoms with Gasteiger partial charge in [0.05, 0.1) is 6.61 Å². The number of alkyl halides is 2. The third kappa shape index (κ3) is 4.62. The number of carbonyl (C=O) groups is 3. The molecule has 0 spiro atoms. The van der Waals surface area contributed by atoms with Gasteiger partial charge in [-0.05, 0) is 13.8 Å². The molecule has 6 heteroatoms. The summed E-state index contributed by atoms with van der Waals surface area (Å²) in [5.41, 5.74) is 0. The van der Waals surface area contributed by atoms with Crippen molar-refractivity contribution in [2.45, 2.75) is 26.7 Å². The zero-order valence-electron chi connectivity index (χ0n) is 8.46. The normalized spacial score (nSPS) is 12.3. The lowest BCUT2D eigenvalue weighted by Gasteiger charge is -2.11. The lowest BCUT2D eigenvalue weighted by atomic mass is 9.99. The molecule has 0 aromatic rings. The minimum absolute atomic E-state index is 0.0332.